The molecule has 0 aliphatic carbocycles. The molecule has 9 heavy (non-hydrogen) atoms. The average Bonchev–Trinajstić information content (AvgIpc) is 1.80. The van der Waals surface area contributed by atoms with Crippen molar-refractivity contribution in [2.45, 2.75) is 31.7 Å². The predicted octanol–water partition coefficient (Wildman–Crippen LogP) is 0.667. The van der Waals surface area contributed by atoms with E-state index >= 15 is 0 Å². The zero-order chi connectivity index (χ0) is 7.11. The SMILES string of the molecule is [CH2]C(N)CCCCCN. The summed E-state index contributed by atoms with van der Waals surface area (Å²) < 4.78 is 0. The number of rotatable bonds is 5. The zero-order valence-electron chi connectivity index (χ0n) is 5.97. The normalized spacial score (nSPS) is 13.7. The molecule has 0 amide bonds. The first-order chi connectivity index (χ1) is 4.27. The molecule has 0 aromatic heterocycles. The summed E-state index contributed by atoms with van der Waals surface area (Å²) in [5.74, 6) is 0. The van der Waals surface area contributed by atoms with E-state index in [2.05, 4.69) is 6.92 Å². The molecular weight excluding hydrogens is 112 g/mol. The summed E-state index contributed by atoms with van der Waals surface area (Å²) in [5, 5.41) is 0. The average molecular weight is 129 g/mol. The van der Waals surface area contributed by atoms with E-state index in [0.717, 1.165) is 19.4 Å². The molecule has 0 spiro atoms. The molecule has 0 bridgehead atoms. The molecule has 0 aromatic carbocycles. The number of hydrogen-bond acceptors (Lipinski definition) is 2. The van der Waals surface area contributed by atoms with Crippen LogP contribution < -0.4 is 11.5 Å². The van der Waals surface area contributed by atoms with Crippen molar-refractivity contribution >= 4 is 0 Å². The van der Waals surface area contributed by atoms with Crippen LogP contribution in [0.15, 0.2) is 0 Å². The summed E-state index contributed by atoms with van der Waals surface area (Å²) in [4.78, 5) is 0. The van der Waals surface area contributed by atoms with Crippen molar-refractivity contribution < 1.29 is 0 Å². The van der Waals surface area contributed by atoms with Crippen LogP contribution in [-0.4, -0.2) is 12.6 Å². The molecule has 0 saturated carbocycles. The summed E-state index contributed by atoms with van der Waals surface area (Å²) in [7, 11) is 0. The Balaban J connectivity index is 2.75. The van der Waals surface area contributed by atoms with Crippen molar-refractivity contribution in [3.63, 3.8) is 0 Å². The van der Waals surface area contributed by atoms with Gasteiger partial charge in [-0.2, -0.15) is 0 Å². The molecule has 1 radical (unpaired) electrons. The van der Waals surface area contributed by atoms with Crippen LogP contribution in [0, 0.1) is 6.92 Å². The van der Waals surface area contributed by atoms with E-state index in [4.69, 9.17) is 11.5 Å². The zero-order valence-corrected chi connectivity index (χ0v) is 5.97. The monoisotopic (exact) mass is 129 g/mol. The largest absolute Gasteiger partial charge is 0.330 e. The molecule has 0 aliphatic rings. The van der Waals surface area contributed by atoms with Crippen LogP contribution in [-0.2, 0) is 0 Å². The van der Waals surface area contributed by atoms with Gasteiger partial charge in [0.25, 0.3) is 0 Å². The Labute approximate surface area is 57.6 Å². The molecule has 4 N–H and O–H groups in total. The number of hydrogen-bond donors (Lipinski definition) is 2. The lowest BCUT2D eigenvalue weighted by Gasteiger charge is -2.02. The van der Waals surface area contributed by atoms with Gasteiger partial charge in [-0.25, -0.2) is 0 Å². The van der Waals surface area contributed by atoms with E-state index < -0.39 is 0 Å². The summed E-state index contributed by atoms with van der Waals surface area (Å²) in [6.07, 6.45) is 4.51. The van der Waals surface area contributed by atoms with Crippen LogP contribution >= 0.6 is 0 Å². The van der Waals surface area contributed by atoms with Crippen molar-refractivity contribution in [3.05, 3.63) is 6.92 Å². The molecule has 1 unspecified atom stereocenters. The van der Waals surface area contributed by atoms with Gasteiger partial charge in [0.15, 0.2) is 0 Å². The highest BCUT2D eigenvalue weighted by Gasteiger charge is 1.92. The van der Waals surface area contributed by atoms with Crippen LogP contribution in [0.3, 0.4) is 0 Å². The first kappa shape index (κ1) is 8.92. The third-order valence-corrected chi connectivity index (χ3v) is 1.28. The van der Waals surface area contributed by atoms with E-state index in [-0.39, 0.29) is 6.04 Å². The Kier molecular flexibility index (Phi) is 5.99. The first-order valence-corrected chi connectivity index (χ1v) is 3.56. The molecule has 55 valence electrons. The Bertz CT molecular complexity index is 52.9. The van der Waals surface area contributed by atoms with Crippen molar-refractivity contribution in [2.24, 2.45) is 11.5 Å². The second-order valence-corrected chi connectivity index (χ2v) is 2.40. The lowest BCUT2D eigenvalue weighted by Crippen LogP contribution is -2.14. The molecule has 0 aliphatic heterocycles. The fourth-order valence-electron chi connectivity index (χ4n) is 0.728. The standard InChI is InChI=1S/C7H17N2/c1-7(9)5-3-2-4-6-8/h7H,1-6,8-9H2. The maximum Gasteiger partial charge on any atom is 0.00394 e. The van der Waals surface area contributed by atoms with Gasteiger partial charge in [0, 0.05) is 6.04 Å². The van der Waals surface area contributed by atoms with E-state index in [1.165, 1.54) is 12.8 Å². The van der Waals surface area contributed by atoms with Gasteiger partial charge >= 0.3 is 0 Å². The number of unbranched alkanes of at least 4 members (excludes halogenated alkanes) is 2. The highest BCUT2D eigenvalue weighted by Crippen LogP contribution is 1.99. The Morgan fingerprint density at radius 3 is 2.33 bits per heavy atom. The quantitative estimate of drug-likeness (QED) is 0.536. The maximum atomic E-state index is 5.43. The highest BCUT2D eigenvalue weighted by molar-refractivity contribution is 4.61. The summed E-state index contributed by atoms with van der Waals surface area (Å²) in [5.41, 5.74) is 10.7. The third-order valence-electron chi connectivity index (χ3n) is 1.28. The third kappa shape index (κ3) is 7.92. The van der Waals surface area contributed by atoms with Gasteiger partial charge in [-0.15, -0.1) is 0 Å². The highest BCUT2D eigenvalue weighted by atomic mass is 14.6. The first-order valence-electron chi connectivity index (χ1n) is 3.56. The lowest BCUT2D eigenvalue weighted by molar-refractivity contribution is 0.608. The Morgan fingerprint density at radius 2 is 1.89 bits per heavy atom. The second kappa shape index (κ2) is 6.05. The van der Waals surface area contributed by atoms with Crippen LogP contribution in [0.2, 0.25) is 0 Å². The van der Waals surface area contributed by atoms with Crippen molar-refractivity contribution in [1.82, 2.24) is 0 Å². The maximum absolute atomic E-state index is 5.43. The minimum atomic E-state index is 0.114. The fourth-order valence-corrected chi connectivity index (χ4v) is 0.728. The van der Waals surface area contributed by atoms with E-state index in [9.17, 15) is 0 Å². The molecule has 2 nitrogen and oxygen atoms in total. The number of nitrogens with two attached hydrogens (primary N) is 2. The van der Waals surface area contributed by atoms with Crippen LogP contribution in [0.25, 0.3) is 0 Å². The van der Waals surface area contributed by atoms with Gasteiger partial charge in [0.1, 0.15) is 0 Å². The fraction of sp³-hybridized carbons (Fsp3) is 0.857. The van der Waals surface area contributed by atoms with Crippen molar-refractivity contribution in [2.75, 3.05) is 6.54 Å². The van der Waals surface area contributed by atoms with Crippen molar-refractivity contribution in [1.29, 1.82) is 0 Å². The Morgan fingerprint density at radius 1 is 1.22 bits per heavy atom. The van der Waals surface area contributed by atoms with E-state index in [1.807, 2.05) is 0 Å². The second-order valence-electron chi connectivity index (χ2n) is 2.40. The van der Waals surface area contributed by atoms with Crippen LogP contribution in [0.4, 0.5) is 0 Å². The van der Waals surface area contributed by atoms with Crippen molar-refractivity contribution in [3.8, 4) is 0 Å². The summed E-state index contributed by atoms with van der Waals surface area (Å²) >= 11 is 0. The van der Waals surface area contributed by atoms with E-state index in [1.54, 1.807) is 0 Å². The van der Waals surface area contributed by atoms with Gasteiger partial charge < -0.3 is 11.5 Å². The van der Waals surface area contributed by atoms with Gasteiger partial charge in [-0.05, 0) is 26.3 Å². The molecule has 0 aromatic rings. The van der Waals surface area contributed by atoms with Crippen LogP contribution in [0.5, 0.6) is 0 Å². The van der Waals surface area contributed by atoms with Gasteiger partial charge in [0.05, 0.1) is 0 Å². The topological polar surface area (TPSA) is 52.0 Å². The van der Waals surface area contributed by atoms with E-state index in [0.29, 0.717) is 0 Å². The lowest BCUT2D eigenvalue weighted by atomic mass is 10.1. The molecule has 2 heteroatoms. The van der Waals surface area contributed by atoms with Crippen LogP contribution in [0.1, 0.15) is 25.7 Å². The summed E-state index contributed by atoms with van der Waals surface area (Å²) in [6.45, 7) is 4.48. The van der Waals surface area contributed by atoms with Gasteiger partial charge in [-0.3, -0.25) is 0 Å². The molecule has 0 fully saturated rings. The summed E-state index contributed by atoms with van der Waals surface area (Å²) in [6, 6.07) is 0.114. The molecule has 0 saturated heterocycles. The minimum absolute atomic E-state index is 0.114. The predicted molar refractivity (Wildman–Crippen MR) is 40.9 cm³/mol. The molecule has 1 atom stereocenters. The van der Waals surface area contributed by atoms with Gasteiger partial charge in [0.2, 0.25) is 0 Å². The Hall–Kier alpha value is -0.0800. The molecular formula is C7H17N2. The molecule has 0 heterocycles. The molecule has 0 rings (SSSR count). The minimum Gasteiger partial charge on any atom is -0.330 e. The van der Waals surface area contributed by atoms with Gasteiger partial charge in [-0.1, -0.05) is 12.8 Å². The smallest absolute Gasteiger partial charge is 0.00394 e.